The third kappa shape index (κ3) is 4.78. The van der Waals surface area contributed by atoms with Gasteiger partial charge in [0.05, 0.1) is 22.4 Å². The molecule has 202 valence electrons. The van der Waals surface area contributed by atoms with Gasteiger partial charge in [0.2, 0.25) is 0 Å². The highest BCUT2D eigenvalue weighted by atomic mass is 32.2. The molecule has 2 fully saturated rings. The second kappa shape index (κ2) is 9.64. The van der Waals surface area contributed by atoms with Crippen molar-refractivity contribution in [3.05, 3.63) is 72.7 Å². The van der Waals surface area contributed by atoms with Gasteiger partial charge in [-0.05, 0) is 59.6 Å². The Bertz CT molecular complexity index is 1590. The van der Waals surface area contributed by atoms with Crippen LogP contribution in [0.1, 0.15) is 18.4 Å². The number of hydrogen-bond acceptors (Lipinski definition) is 7. The van der Waals surface area contributed by atoms with Gasteiger partial charge in [0.25, 0.3) is 0 Å². The summed E-state index contributed by atoms with van der Waals surface area (Å²) in [6, 6.07) is 19.0. The predicted octanol–water partition coefficient (Wildman–Crippen LogP) is 4.17. The predicted molar refractivity (Wildman–Crippen MR) is 153 cm³/mol. The molecule has 4 aromatic rings. The summed E-state index contributed by atoms with van der Waals surface area (Å²) in [5.41, 5.74) is 4.11. The maximum absolute atomic E-state index is 11.9. The molecule has 2 aliphatic heterocycles. The van der Waals surface area contributed by atoms with Crippen molar-refractivity contribution in [1.82, 2.24) is 19.9 Å². The maximum atomic E-state index is 11.9. The van der Waals surface area contributed by atoms with E-state index >= 15 is 0 Å². The highest BCUT2D eigenvalue weighted by Crippen LogP contribution is 2.48. The highest BCUT2D eigenvalue weighted by Gasteiger charge is 2.49. The normalized spacial score (nSPS) is 26.4. The van der Waals surface area contributed by atoms with E-state index < -0.39 is 9.84 Å². The Morgan fingerprint density at radius 3 is 2.67 bits per heavy atom. The largest absolute Gasteiger partial charge is 0.491 e. The standard InChI is InChI=1S/C30H33N5O3S/c36-39(37)12-10-35(11-13-39)18-21-14-25(15-21)30(34-29-26-8-9-31-28(26)32-20-33-29)17-24-16-23(6-7-27(24)38-19-30)22-4-2-1-3-5-22/h1-9,16,20-21,25H,10-15,17-19H2,(H2,31,32,33,34). The zero-order valence-electron chi connectivity index (χ0n) is 21.8. The topological polar surface area (TPSA) is 100 Å². The maximum Gasteiger partial charge on any atom is 0.152 e. The molecule has 0 radical (unpaired) electrons. The average Bonchev–Trinajstić information content (AvgIpc) is 3.41. The van der Waals surface area contributed by atoms with Crippen LogP contribution in [0.25, 0.3) is 22.2 Å². The van der Waals surface area contributed by atoms with Crippen molar-refractivity contribution in [3.8, 4) is 16.9 Å². The minimum atomic E-state index is -2.86. The Hall–Kier alpha value is -3.43. The zero-order valence-corrected chi connectivity index (χ0v) is 22.7. The van der Waals surface area contributed by atoms with E-state index in [0.29, 0.717) is 31.5 Å². The molecule has 2 aromatic carbocycles. The Morgan fingerprint density at radius 2 is 1.85 bits per heavy atom. The number of aromatic nitrogens is 3. The second-order valence-electron chi connectivity index (χ2n) is 11.4. The molecule has 1 unspecified atom stereocenters. The van der Waals surface area contributed by atoms with E-state index in [0.717, 1.165) is 48.4 Å². The zero-order chi connectivity index (χ0) is 26.5. The Labute approximate surface area is 228 Å². The van der Waals surface area contributed by atoms with Crippen molar-refractivity contribution < 1.29 is 13.2 Å². The van der Waals surface area contributed by atoms with Crippen LogP contribution in [0, 0.1) is 11.8 Å². The molecule has 1 saturated heterocycles. The molecule has 1 aliphatic carbocycles. The summed E-state index contributed by atoms with van der Waals surface area (Å²) in [4.78, 5) is 14.5. The van der Waals surface area contributed by atoms with Crippen LogP contribution in [-0.2, 0) is 16.3 Å². The van der Waals surface area contributed by atoms with Crippen LogP contribution in [0.2, 0.25) is 0 Å². The first kappa shape index (κ1) is 24.6. The number of anilines is 1. The van der Waals surface area contributed by atoms with Crippen LogP contribution in [0.15, 0.2) is 67.1 Å². The summed E-state index contributed by atoms with van der Waals surface area (Å²) < 4.78 is 30.2. The minimum absolute atomic E-state index is 0.281. The van der Waals surface area contributed by atoms with Crippen LogP contribution in [0.5, 0.6) is 5.75 Å². The van der Waals surface area contributed by atoms with Crippen molar-refractivity contribution in [3.63, 3.8) is 0 Å². The first-order chi connectivity index (χ1) is 19.0. The number of sulfone groups is 1. The number of nitrogens with one attached hydrogen (secondary N) is 2. The minimum Gasteiger partial charge on any atom is -0.491 e. The van der Waals surface area contributed by atoms with E-state index in [9.17, 15) is 8.42 Å². The lowest BCUT2D eigenvalue weighted by atomic mass is 9.62. The third-order valence-electron chi connectivity index (χ3n) is 8.85. The number of nitrogens with zero attached hydrogens (tertiary/aromatic N) is 3. The van der Waals surface area contributed by atoms with E-state index in [1.54, 1.807) is 6.33 Å². The van der Waals surface area contributed by atoms with Gasteiger partial charge in [-0.2, -0.15) is 0 Å². The number of benzene rings is 2. The summed E-state index contributed by atoms with van der Waals surface area (Å²) in [5, 5.41) is 4.85. The summed E-state index contributed by atoms with van der Waals surface area (Å²) in [6.45, 7) is 2.84. The molecular formula is C30H33N5O3S. The van der Waals surface area contributed by atoms with Crippen molar-refractivity contribution in [2.45, 2.75) is 24.8 Å². The van der Waals surface area contributed by atoms with E-state index in [1.807, 2.05) is 18.3 Å². The van der Waals surface area contributed by atoms with Crippen molar-refractivity contribution >= 4 is 26.7 Å². The molecule has 9 heteroatoms. The first-order valence-corrected chi connectivity index (χ1v) is 15.6. The van der Waals surface area contributed by atoms with Crippen LogP contribution in [-0.4, -0.2) is 71.6 Å². The Balaban J connectivity index is 1.16. The van der Waals surface area contributed by atoms with Gasteiger partial charge >= 0.3 is 0 Å². The smallest absolute Gasteiger partial charge is 0.152 e. The summed E-state index contributed by atoms with van der Waals surface area (Å²) in [6.07, 6.45) is 6.50. The SMILES string of the molecule is O=S1(=O)CCN(CC2CC(C3(Nc4ncnc5[nH]ccc45)COc4ccc(-c5ccccc5)cc4C3)C2)CC1. The molecule has 0 bridgehead atoms. The number of rotatable bonds is 6. The van der Waals surface area contributed by atoms with E-state index in [1.165, 1.54) is 16.7 Å². The fraction of sp³-hybridized carbons (Fsp3) is 0.400. The number of aromatic amines is 1. The molecule has 0 spiro atoms. The van der Waals surface area contributed by atoms with Crippen molar-refractivity contribution in [2.24, 2.45) is 11.8 Å². The molecule has 8 nitrogen and oxygen atoms in total. The lowest BCUT2D eigenvalue weighted by Gasteiger charge is -2.52. The van der Waals surface area contributed by atoms with Crippen LogP contribution < -0.4 is 10.1 Å². The first-order valence-electron chi connectivity index (χ1n) is 13.8. The van der Waals surface area contributed by atoms with Gasteiger partial charge in [-0.15, -0.1) is 0 Å². The number of H-pyrrole nitrogens is 1. The van der Waals surface area contributed by atoms with Crippen molar-refractivity contribution in [2.75, 3.05) is 43.1 Å². The lowest BCUT2D eigenvalue weighted by Crippen LogP contribution is -2.59. The molecule has 4 heterocycles. The van der Waals surface area contributed by atoms with Gasteiger partial charge < -0.3 is 19.9 Å². The molecular weight excluding hydrogens is 510 g/mol. The molecule has 2 N–H and O–H groups in total. The van der Waals surface area contributed by atoms with Gasteiger partial charge in [-0.1, -0.05) is 36.4 Å². The fourth-order valence-electron chi connectivity index (χ4n) is 6.55. The van der Waals surface area contributed by atoms with Gasteiger partial charge in [0.1, 0.15) is 30.1 Å². The van der Waals surface area contributed by atoms with Gasteiger partial charge in [-0.25, -0.2) is 18.4 Å². The summed E-state index contributed by atoms with van der Waals surface area (Å²) in [5.74, 6) is 3.31. The van der Waals surface area contributed by atoms with Crippen LogP contribution in [0.4, 0.5) is 5.82 Å². The average molecular weight is 544 g/mol. The summed E-state index contributed by atoms with van der Waals surface area (Å²) in [7, 11) is -2.86. The lowest BCUT2D eigenvalue weighted by molar-refractivity contribution is 0.0448. The number of hydrogen-bond donors (Lipinski definition) is 2. The molecule has 0 amide bonds. The van der Waals surface area contributed by atoms with Crippen LogP contribution >= 0.6 is 0 Å². The van der Waals surface area contributed by atoms with Gasteiger partial charge in [0, 0.05) is 32.3 Å². The van der Waals surface area contributed by atoms with Crippen LogP contribution in [0.3, 0.4) is 0 Å². The number of fused-ring (bicyclic) bond motifs is 2. The molecule has 7 rings (SSSR count). The number of ether oxygens (including phenoxy) is 1. The molecule has 1 saturated carbocycles. The molecule has 2 aromatic heterocycles. The molecule has 1 atom stereocenters. The van der Waals surface area contributed by atoms with Gasteiger partial charge in [0.15, 0.2) is 9.84 Å². The monoisotopic (exact) mass is 543 g/mol. The quantitative estimate of drug-likeness (QED) is 0.377. The second-order valence-corrected chi connectivity index (χ2v) is 13.7. The Morgan fingerprint density at radius 1 is 1.03 bits per heavy atom. The van der Waals surface area contributed by atoms with E-state index in [-0.39, 0.29) is 17.0 Å². The fourth-order valence-corrected chi connectivity index (χ4v) is 7.83. The Kier molecular flexibility index (Phi) is 6.08. The highest BCUT2D eigenvalue weighted by molar-refractivity contribution is 7.91. The molecule has 3 aliphatic rings. The van der Waals surface area contributed by atoms with Gasteiger partial charge in [-0.3, -0.25) is 0 Å². The third-order valence-corrected chi connectivity index (χ3v) is 10.5. The summed E-state index contributed by atoms with van der Waals surface area (Å²) >= 11 is 0. The molecule has 39 heavy (non-hydrogen) atoms. The van der Waals surface area contributed by atoms with E-state index in [2.05, 4.69) is 67.6 Å². The van der Waals surface area contributed by atoms with E-state index in [4.69, 9.17) is 4.74 Å². The van der Waals surface area contributed by atoms with Crippen molar-refractivity contribution in [1.29, 1.82) is 0 Å².